The molecule has 19 heavy (non-hydrogen) atoms. The third-order valence-corrected chi connectivity index (χ3v) is 3.19. The number of carbonyl (C=O) groups excluding carboxylic acids is 1. The number of alkyl halides is 2. The summed E-state index contributed by atoms with van der Waals surface area (Å²) in [4.78, 5) is 17.2. The first kappa shape index (κ1) is 13.9. The lowest BCUT2D eigenvalue weighted by Crippen LogP contribution is -2.32. The highest BCUT2D eigenvalue weighted by atomic mass is 19.3. The highest BCUT2D eigenvalue weighted by Gasteiger charge is 2.48. The third kappa shape index (κ3) is 2.73. The minimum atomic E-state index is -3.23. The van der Waals surface area contributed by atoms with Gasteiger partial charge in [-0.2, -0.15) is 0 Å². The molecule has 1 unspecified atom stereocenters. The van der Waals surface area contributed by atoms with E-state index in [1.165, 1.54) is 12.3 Å². The van der Waals surface area contributed by atoms with E-state index in [2.05, 4.69) is 4.98 Å². The van der Waals surface area contributed by atoms with Crippen molar-refractivity contribution in [3.63, 3.8) is 0 Å². The molecular weight excluding hydrogens is 254 g/mol. The lowest BCUT2D eigenvalue weighted by molar-refractivity contribution is -0.0727. The Kier molecular flexibility index (Phi) is 3.54. The van der Waals surface area contributed by atoms with Crippen molar-refractivity contribution in [2.75, 3.05) is 13.1 Å². The fourth-order valence-electron chi connectivity index (χ4n) is 2.00. The van der Waals surface area contributed by atoms with Crippen LogP contribution in [0.3, 0.4) is 0 Å². The number of β-amino-alcohol motifs (C(OH)–C–C–N with tert-alkyl or cyclic N) is 1. The molecule has 0 saturated carbocycles. The molecule has 0 aromatic carbocycles. The molecule has 1 N–H and O–H groups in total. The fourth-order valence-corrected chi connectivity index (χ4v) is 2.00. The van der Waals surface area contributed by atoms with Gasteiger partial charge in [-0.3, -0.25) is 9.78 Å². The first-order valence-electron chi connectivity index (χ1n) is 6.12. The molecule has 1 aliphatic heterocycles. The van der Waals surface area contributed by atoms with Crippen LogP contribution in [0.15, 0.2) is 18.3 Å². The number of likely N-dealkylation sites (tertiary alicyclic amines) is 1. The molecule has 0 spiro atoms. The van der Waals surface area contributed by atoms with Gasteiger partial charge in [0.1, 0.15) is 6.10 Å². The van der Waals surface area contributed by atoms with Gasteiger partial charge in [0.25, 0.3) is 11.8 Å². The summed E-state index contributed by atoms with van der Waals surface area (Å²) >= 11 is 0. The molecule has 1 atom stereocenters. The van der Waals surface area contributed by atoms with Gasteiger partial charge in [0.05, 0.1) is 13.1 Å². The van der Waals surface area contributed by atoms with Crippen LogP contribution >= 0.6 is 0 Å². The Morgan fingerprint density at radius 1 is 1.58 bits per heavy atom. The molecule has 0 radical (unpaired) electrons. The molecule has 104 valence electrons. The normalized spacial score (nSPS) is 22.0. The Hall–Kier alpha value is -1.56. The molecule has 4 nitrogen and oxygen atoms in total. The predicted octanol–water partition coefficient (Wildman–Crippen LogP) is 1.66. The number of aliphatic hydroxyl groups is 1. The molecule has 6 heteroatoms. The zero-order chi connectivity index (χ0) is 14.2. The molecule has 1 aromatic rings. The van der Waals surface area contributed by atoms with Crippen molar-refractivity contribution in [1.29, 1.82) is 0 Å². The van der Waals surface area contributed by atoms with Gasteiger partial charge in [-0.1, -0.05) is 13.8 Å². The Bertz CT molecular complexity index is 491. The number of rotatable bonds is 2. The minimum absolute atomic E-state index is 0.151. The highest BCUT2D eigenvalue weighted by Crippen LogP contribution is 2.28. The van der Waals surface area contributed by atoms with Gasteiger partial charge in [-0.25, -0.2) is 8.78 Å². The standard InChI is InChI=1S/C13H16F2N2O2/c1-8(2)10-5-9(3-4-16-10)12(19)17-6-11(18)13(14,15)7-17/h3-5,8,11,18H,6-7H2,1-2H3. The Morgan fingerprint density at radius 3 is 2.79 bits per heavy atom. The van der Waals surface area contributed by atoms with E-state index in [0.29, 0.717) is 5.56 Å². The molecule has 0 bridgehead atoms. The highest BCUT2D eigenvalue weighted by molar-refractivity contribution is 5.94. The molecule has 1 aromatic heterocycles. The molecule has 1 amide bonds. The second-order valence-electron chi connectivity index (χ2n) is 5.09. The van der Waals surface area contributed by atoms with Gasteiger partial charge >= 0.3 is 0 Å². The number of hydrogen-bond donors (Lipinski definition) is 1. The van der Waals surface area contributed by atoms with E-state index in [1.807, 2.05) is 13.8 Å². The maximum atomic E-state index is 13.2. The maximum absolute atomic E-state index is 13.2. The first-order valence-corrected chi connectivity index (χ1v) is 6.12. The monoisotopic (exact) mass is 270 g/mol. The quantitative estimate of drug-likeness (QED) is 0.889. The summed E-state index contributed by atoms with van der Waals surface area (Å²) in [7, 11) is 0. The smallest absolute Gasteiger partial charge is 0.292 e. The number of aliphatic hydroxyl groups excluding tert-OH is 1. The van der Waals surface area contributed by atoms with Gasteiger partial charge < -0.3 is 10.0 Å². The lowest BCUT2D eigenvalue weighted by atomic mass is 10.1. The van der Waals surface area contributed by atoms with Crippen molar-refractivity contribution in [1.82, 2.24) is 9.88 Å². The van der Waals surface area contributed by atoms with Crippen LogP contribution in [0.4, 0.5) is 8.78 Å². The lowest BCUT2D eigenvalue weighted by Gasteiger charge is -2.16. The average Bonchev–Trinajstić information content (AvgIpc) is 2.63. The Morgan fingerprint density at radius 2 is 2.26 bits per heavy atom. The summed E-state index contributed by atoms with van der Waals surface area (Å²) in [6.07, 6.45) is -0.296. The summed E-state index contributed by atoms with van der Waals surface area (Å²) in [5, 5.41) is 9.21. The van der Waals surface area contributed by atoms with Crippen LogP contribution in [0.2, 0.25) is 0 Å². The van der Waals surface area contributed by atoms with E-state index in [-0.39, 0.29) is 12.5 Å². The molecule has 1 saturated heterocycles. The first-order chi connectivity index (χ1) is 8.81. The number of hydrogen-bond acceptors (Lipinski definition) is 3. The van der Waals surface area contributed by atoms with Gasteiger partial charge in [0.2, 0.25) is 0 Å². The van der Waals surface area contributed by atoms with Crippen molar-refractivity contribution >= 4 is 5.91 Å². The van der Waals surface area contributed by atoms with Crippen molar-refractivity contribution in [3.8, 4) is 0 Å². The summed E-state index contributed by atoms with van der Waals surface area (Å²) in [5.41, 5.74) is 1.06. The van der Waals surface area contributed by atoms with Gasteiger partial charge in [0.15, 0.2) is 0 Å². The molecular formula is C13H16F2N2O2. The van der Waals surface area contributed by atoms with Crippen LogP contribution in [-0.2, 0) is 0 Å². The van der Waals surface area contributed by atoms with E-state index in [4.69, 9.17) is 0 Å². The van der Waals surface area contributed by atoms with Crippen LogP contribution in [0.25, 0.3) is 0 Å². The van der Waals surface area contributed by atoms with E-state index in [0.717, 1.165) is 10.6 Å². The largest absolute Gasteiger partial charge is 0.385 e. The number of carbonyl (C=O) groups is 1. The number of amides is 1. The summed E-state index contributed by atoms with van der Waals surface area (Å²) in [6, 6.07) is 3.10. The van der Waals surface area contributed by atoms with Crippen molar-refractivity contribution in [2.24, 2.45) is 0 Å². The summed E-state index contributed by atoms with van der Waals surface area (Å²) < 4.78 is 26.4. The van der Waals surface area contributed by atoms with Crippen LogP contribution in [0, 0.1) is 0 Å². The SMILES string of the molecule is CC(C)c1cc(C(=O)N2CC(O)C(F)(F)C2)ccn1. The fraction of sp³-hybridized carbons (Fsp3) is 0.538. The van der Waals surface area contributed by atoms with Crippen LogP contribution in [0.1, 0.15) is 35.8 Å². The Labute approximate surface area is 110 Å². The van der Waals surface area contributed by atoms with Crippen LogP contribution < -0.4 is 0 Å². The van der Waals surface area contributed by atoms with Gasteiger partial charge in [0, 0.05) is 17.5 Å². The second kappa shape index (κ2) is 4.85. The maximum Gasteiger partial charge on any atom is 0.292 e. The predicted molar refractivity (Wildman–Crippen MR) is 65.2 cm³/mol. The average molecular weight is 270 g/mol. The van der Waals surface area contributed by atoms with E-state index in [1.54, 1.807) is 6.07 Å². The van der Waals surface area contributed by atoms with Crippen molar-refractivity contribution in [2.45, 2.75) is 31.8 Å². The van der Waals surface area contributed by atoms with E-state index in [9.17, 15) is 18.7 Å². The van der Waals surface area contributed by atoms with Crippen molar-refractivity contribution in [3.05, 3.63) is 29.6 Å². The zero-order valence-corrected chi connectivity index (χ0v) is 10.8. The number of pyridine rings is 1. The van der Waals surface area contributed by atoms with E-state index >= 15 is 0 Å². The second-order valence-corrected chi connectivity index (χ2v) is 5.09. The third-order valence-electron chi connectivity index (χ3n) is 3.19. The molecule has 1 fully saturated rings. The minimum Gasteiger partial charge on any atom is -0.385 e. The topological polar surface area (TPSA) is 53.4 Å². The van der Waals surface area contributed by atoms with Crippen molar-refractivity contribution < 1.29 is 18.7 Å². The zero-order valence-electron chi connectivity index (χ0n) is 10.8. The number of halogens is 2. The summed E-state index contributed by atoms with van der Waals surface area (Å²) in [6.45, 7) is 2.78. The van der Waals surface area contributed by atoms with Gasteiger partial charge in [-0.15, -0.1) is 0 Å². The molecule has 1 aliphatic rings. The Balaban J connectivity index is 2.19. The van der Waals surface area contributed by atoms with Gasteiger partial charge in [-0.05, 0) is 18.1 Å². The molecule has 2 heterocycles. The van der Waals surface area contributed by atoms with Crippen LogP contribution in [0.5, 0.6) is 0 Å². The molecule has 2 rings (SSSR count). The summed E-state index contributed by atoms with van der Waals surface area (Å²) in [5.74, 6) is -3.58. The van der Waals surface area contributed by atoms with E-state index < -0.39 is 24.5 Å². The van der Waals surface area contributed by atoms with Crippen LogP contribution in [-0.4, -0.2) is 46.0 Å². The number of aromatic nitrogens is 1. The molecule has 0 aliphatic carbocycles. The number of nitrogens with zero attached hydrogens (tertiary/aromatic N) is 2.